The Balaban J connectivity index is 1.60. The summed E-state index contributed by atoms with van der Waals surface area (Å²) in [6.07, 6.45) is 8.04. The van der Waals surface area contributed by atoms with Crippen molar-refractivity contribution in [2.24, 2.45) is 11.8 Å². The quantitative estimate of drug-likeness (QED) is 0.480. The molecule has 2 aliphatic carbocycles. The highest BCUT2D eigenvalue weighted by Gasteiger charge is 2.31. The van der Waals surface area contributed by atoms with Gasteiger partial charge < -0.3 is 18.9 Å². The molecule has 1 unspecified atom stereocenters. The number of carbonyl (C=O) groups is 2. The highest BCUT2D eigenvalue weighted by molar-refractivity contribution is 5.72. The first-order valence-corrected chi connectivity index (χ1v) is 10.0. The van der Waals surface area contributed by atoms with Crippen LogP contribution in [0.5, 0.6) is 0 Å². The Bertz CT molecular complexity index is 436. The molecule has 2 rings (SSSR count). The van der Waals surface area contributed by atoms with Gasteiger partial charge in [0.15, 0.2) is 6.79 Å². The van der Waals surface area contributed by atoms with Crippen molar-refractivity contribution in [3.63, 3.8) is 0 Å². The number of esters is 2. The predicted molar refractivity (Wildman–Crippen MR) is 96.4 cm³/mol. The molecular formula is C20H34O6. The second-order valence-corrected chi connectivity index (χ2v) is 7.60. The van der Waals surface area contributed by atoms with Crippen molar-refractivity contribution >= 4 is 11.9 Å². The first kappa shape index (κ1) is 21.2. The number of rotatable bonds is 8. The van der Waals surface area contributed by atoms with Crippen LogP contribution < -0.4 is 0 Å². The molecule has 0 spiro atoms. The maximum atomic E-state index is 12.4. The van der Waals surface area contributed by atoms with Crippen molar-refractivity contribution in [2.45, 2.75) is 89.9 Å². The number of carbonyl (C=O) groups excluding carboxylic acids is 2. The third kappa shape index (κ3) is 6.54. The summed E-state index contributed by atoms with van der Waals surface area (Å²) in [6.45, 7) is 3.81. The molecule has 0 aromatic carbocycles. The summed E-state index contributed by atoms with van der Waals surface area (Å²) in [5.41, 5.74) is 0. The lowest BCUT2D eigenvalue weighted by Gasteiger charge is -2.31. The maximum Gasteiger partial charge on any atom is 0.310 e. The molecule has 0 N–H and O–H groups in total. The summed E-state index contributed by atoms with van der Waals surface area (Å²) in [5.74, 6) is -0.402. The molecule has 0 aromatic heterocycles. The second-order valence-electron chi connectivity index (χ2n) is 7.60. The molecule has 26 heavy (non-hydrogen) atoms. The number of methoxy groups -OCH3 is 1. The summed E-state index contributed by atoms with van der Waals surface area (Å²) < 4.78 is 21.8. The van der Waals surface area contributed by atoms with Crippen LogP contribution in [0.2, 0.25) is 0 Å². The lowest BCUT2D eigenvalue weighted by molar-refractivity contribution is -0.168. The van der Waals surface area contributed by atoms with E-state index < -0.39 is 0 Å². The molecule has 0 aliphatic heterocycles. The van der Waals surface area contributed by atoms with E-state index >= 15 is 0 Å². The van der Waals surface area contributed by atoms with E-state index in [1.165, 1.54) is 0 Å². The maximum absolute atomic E-state index is 12.4. The van der Waals surface area contributed by atoms with Crippen LogP contribution in [0.15, 0.2) is 0 Å². The van der Waals surface area contributed by atoms with E-state index in [4.69, 9.17) is 18.9 Å². The molecule has 6 nitrogen and oxygen atoms in total. The molecule has 0 amide bonds. The summed E-state index contributed by atoms with van der Waals surface area (Å²) in [6, 6.07) is 0. The van der Waals surface area contributed by atoms with Gasteiger partial charge in [0, 0.05) is 7.11 Å². The van der Waals surface area contributed by atoms with Gasteiger partial charge in [0.25, 0.3) is 0 Å². The van der Waals surface area contributed by atoms with Crippen LogP contribution in [0.1, 0.15) is 71.6 Å². The van der Waals surface area contributed by atoms with Gasteiger partial charge in [-0.1, -0.05) is 13.8 Å². The van der Waals surface area contributed by atoms with Crippen molar-refractivity contribution < 1.29 is 28.5 Å². The van der Waals surface area contributed by atoms with Gasteiger partial charge in [0.05, 0.1) is 24.0 Å². The van der Waals surface area contributed by atoms with Crippen molar-refractivity contribution in [3.05, 3.63) is 0 Å². The molecule has 0 bridgehead atoms. The first-order valence-electron chi connectivity index (χ1n) is 10.0. The minimum atomic E-state index is -0.215. The average Bonchev–Trinajstić information content (AvgIpc) is 2.68. The fraction of sp³-hybridized carbons (Fsp3) is 0.900. The molecule has 0 aromatic rings. The van der Waals surface area contributed by atoms with E-state index in [1.807, 2.05) is 13.8 Å². The van der Waals surface area contributed by atoms with Crippen LogP contribution in [-0.4, -0.2) is 44.2 Å². The molecule has 0 saturated heterocycles. The van der Waals surface area contributed by atoms with Gasteiger partial charge in [-0.2, -0.15) is 0 Å². The van der Waals surface area contributed by atoms with E-state index in [1.54, 1.807) is 7.11 Å². The Morgan fingerprint density at radius 2 is 1.50 bits per heavy atom. The van der Waals surface area contributed by atoms with E-state index in [2.05, 4.69) is 0 Å². The Morgan fingerprint density at radius 1 is 0.923 bits per heavy atom. The van der Waals surface area contributed by atoms with Crippen molar-refractivity contribution in [3.8, 4) is 0 Å². The highest BCUT2D eigenvalue weighted by Crippen LogP contribution is 2.29. The van der Waals surface area contributed by atoms with Gasteiger partial charge in [0.1, 0.15) is 6.10 Å². The normalized spacial score (nSPS) is 30.4. The molecule has 1 atom stereocenters. The molecule has 0 heterocycles. The fourth-order valence-electron chi connectivity index (χ4n) is 3.61. The molecule has 6 heteroatoms. The summed E-state index contributed by atoms with van der Waals surface area (Å²) in [4.78, 5) is 24.0. The van der Waals surface area contributed by atoms with E-state index in [0.717, 1.165) is 57.8 Å². The third-order valence-electron chi connectivity index (χ3n) is 5.76. The molecular weight excluding hydrogens is 336 g/mol. The summed E-state index contributed by atoms with van der Waals surface area (Å²) >= 11 is 0. The minimum Gasteiger partial charge on any atom is -0.462 e. The zero-order valence-electron chi connectivity index (χ0n) is 16.4. The highest BCUT2D eigenvalue weighted by atomic mass is 16.7. The van der Waals surface area contributed by atoms with Gasteiger partial charge >= 0.3 is 11.9 Å². The number of hydrogen-bond acceptors (Lipinski definition) is 6. The van der Waals surface area contributed by atoms with Gasteiger partial charge in [-0.05, 0) is 57.8 Å². The molecule has 2 saturated carbocycles. The van der Waals surface area contributed by atoms with Gasteiger partial charge in [-0.25, -0.2) is 0 Å². The first-order chi connectivity index (χ1) is 12.5. The number of hydrogen-bond donors (Lipinski definition) is 0. The van der Waals surface area contributed by atoms with Crippen LogP contribution in [0.4, 0.5) is 0 Å². The zero-order chi connectivity index (χ0) is 18.9. The Morgan fingerprint density at radius 3 is 2.08 bits per heavy atom. The van der Waals surface area contributed by atoms with Crippen LogP contribution in [0.3, 0.4) is 0 Å². The van der Waals surface area contributed by atoms with Crippen LogP contribution in [0, 0.1) is 11.8 Å². The molecule has 2 aliphatic rings. The van der Waals surface area contributed by atoms with Crippen molar-refractivity contribution in [1.29, 1.82) is 0 Å². The largest absolute Gasteiger partial charge is 0.462 e. The van der Waals surface area contributed by atoms with Gasteiger partial charge in [-0.15, -0.1) is 0 Å². The Hall–Kier alpha value is -1.14. The predicted octanol–water partition coefficient (Wildman–Crippen LogP) is 3.61. The summed E-state index contributed by atoms with van der Waals surface area (Å²) in [5, 5.41) is 0. The smallest absolute Gasteiger partial charge is 0.310 e. The SMILES string of the molecule is CCC(C)C(=O)OCOC1CCC(C(=O)OC2CCC(OC)CC2)CC1. The van der Waals surface area contributed by atoms with E-state index in [0.29, 0.717) is 6.10 Å². The number of ether oxygens (including phenoxy) is 4. The Labute approximate surface area is 156 Å². The van der Waals surface area contributed by atoms with E-state index in [9.17, 15) is 9.59 Å². The van der Waals surface area contributed by atoms with Crippen LogP contribution in [0.25, 0.3) is 0 Å². The van der Waals surface area contributed by atoms with E-state index in [-0.39, 0.29) is 42.8 Å². The monoisotopic (exact) mass is 370 g/mol. The van der Waals surface area contributed by atoms with Gasteiger partial charge in [-0.3, -0.25) is 9.59 Å². The fourth-order valence-corrected chi connectivity index (χ4v) is 3.61. The van der Waals surface area contributed by atoms with Crippen LogP contribution in [-0.2, 0) is 28.5 Å². The Kier molecular flexibility index (Phi) is 8.85. The molecule has 150 valence electrons. The van der Waals surface area contributed by atoms with Gasteiger partial charge in [0.2, 0.25) is 0 Å². The third-order valence-corrected chi connectivity index (χ3v) is 5.76. The van der Waals surface area contributed by atoms with Crippen LogP contribution >= 0.6 is 0 Å². The zero-order valence-corrected chi connectivity index (χ0v) is 16.4. The summed E-state index contributed by atoms with van der Waals surface area (Å²) in [7, 11) is 1.74. The lowest BCUT2D eigenvalue weighted by Crippen LogP contribution is -2.33. The minimum absolute atomic E-state index is 0.00565. The van der Waals surface area contributed by atoms with Crippen molar-refractivity contribution in [2.75, 3.05) is 13.9 Å². The average molecular weight is 370 g/mol. The second kappa shape index (κ2) is 10.9. The standard InChI is InChI=1S/C20H34O6/c1-4-14(2)19(21)25-13-24-17-7-5-15(6-8-17)20(22)26-18-11-9-16(23-3)10-12-18/h14-18H,4-13H2,1-3H3. The van der Waals surface area contributed by atoms with Crippen molar-refractivity contribution in [1.82, 2.24) is 0 Å². The molecule has 2 fully saturated rings. The topological polar surface area (TPSA) is 71.1 Å². The molecule has 0 radical (unpaired) electrons. The lowest BCUT2D eigenvalue weighted by atomic mass is 9.87.